The summed E-state index contributed by atoms with van der Waals surface area (Å²) in [7, 11) is 0. The fourth-order valence-corrected chi connectivity index (χ4v) is 1.93. The smallest absolute Gasteiger partial charge is 0.130 e. The predicted molar refractivity (Wildman–Crippen MR) is 65.6 cm³/mol. The van der Waals surface area contributed by atoms with Gasteiger partial charge in [0.15, 0.2) is 0 Å². The van der Waals surface area contributed by atoms with E-state index < -0.39 is 0 Å². The summed E-state index contributed by atoms with van der Waals surface area (Å²) in [6.45, 7) is 9.96. The lowest BCUT2D eigenvalue weighted by Gasteiger charge is -2.16. The topological polar surface area (TPSA) is 9.23 Å². The normalized spacial score (nSPS) is 11.2. The standard InChI is InChI=1S/C14H21FO/c1-6-11-7-12(16-10(4)5)8-13(15)14(11)9(2)3/h7-10H,6H2,1-5H3. The lowest BCUT2D eigenvalue weighted by atomic mass is 9.95. The number of ether oxygens (including phenoxy) is 1. The Labute approximate surface area is 97.6 Å². The van der Waals surface area contributed by atoms with Gasteiger partial charge >= 0.3 is 0 Å². The van der Waals surface area contributed by atoms with E-state index in [-0.39, 0.29) is 17.8 Å². The van der Waals surface area contributed by atoms with Crippen molar-refractivity contribution < 1.29 is 9.13 Å². The van der Waals surface area contributed by atoms with Gasteiger partial charge in [-0.3, -0.25) is 0 Å². The van der Waals surface area contributed by atoms with E-state index in [2.05, 4.69) is 0 Å². The lowest BCUT2D eigenvalue weighted by molar-refractivity contribution is 0.241. The zero-order valence-corrected chi connectivity index (χ0v) is 10.8. The first kappa shape index (κ1) is 13.0. The van der Waals surface area contributed by atoms with E-state index in [1.807, 2.05) is 40.7 Å². The molecule has 0 aromatic heterocycles. The van der Waals surface area contributed by atoms with Gasteiger partial charge in [0.2, 0.25) is 0 Å². The van der Waals surface area contributed by atoms with E-state index in [9.17, 15) is 4.39 Å². The van der Waals surface area contributed by atoms with Crippen molar-refractivity contribution in [2.24, 2.45) is 0 Å². The molecule has 1 nitrogen and oxygen atoms in total. The second-order valence-electron chi connectivity index (χ2n) is 4.65. The zero-order chi connectivity index (χ0) is 12.3. The van der Waals surface area contributed by atoms with Gasteiger partial charge in [-0.05, 0) is 43.4 Å². The zero-order valence-electron chi connectivity index (χ0n) is 10.8. The molecule has 0 aliphatic rings. The monoisotopic (exact) mass is 224 g/mol. The van der Waals surface area contributed by atoms with E-state index in [0.717, 1.165) is 17.5 Å². The van der Waals surface area contributed by atoms with Gasteiger partial charge in [0, 0.05) is 6.07 Å². The van der Waals surface area contributed by atoms with Crippen LogP contribution in [0, 0.1) is 5.82 Å². The number of hydrogen-bond donors (Lipinski definition) is 0. The lowest BCUT2D eigenvalue weighted by Crippen LogP contribution is -2.08. The summed E-state index contributed by atoms with van der Waals surface area (Å²) in [6, 6.07) is 3.45. The highest BCUT2D eigenvalue weighted by atomic mass is 19.1. The molecule has 1 rings (SSSR count). The molecule has 0 saturated carbocycles. The maximum Gasteiger partial charge on any atom is 0.130 e. The molecule has 2 heteroatoms. The Morgan fingerprint density at radius 3 is 2.25 bits per heavy atom. The molecule has 0 unspecified atom stereocenters. The molecule has 1 aromatic rings. The Balaban J connectivity index is 3.16. The Hall–Kier alpha value is -1.05. The van der Waals surface area contributed by atoms with Crippen molar-refractivity contribution in [3.05, 3.63) is 29.1 Å². The molecule has 0 aliphatic heterocycles. The minimum Gasteiger partial charge on any atom is -0.491 e. The molecule has 0 bridgehead atoms. The quantitative estimate of drug-likeness (QED) is 0.741. The Bertz CT molecular complexity index is 356. The first-order valence-electron chi connectivity index (χ1n) is 5.94. The SMILES string of the molecule is CCc1cc(OC(C)C)cc(F)c1C(C)C. The van der Waals surface area contributed by atoms with Crippen LogP contribution in [0.4, 0.5) is 4.39 Å². The molecule has 0 N–H and O–H groups in total. The highest BCUT2D eigenvalue weighted by Crippen LogP contribution is 2.28. The summed E-state index contributed by atoms with van der Waals surface area (Å²) >= 11 is 0. The van der Waals surface area contributed by atoms with E-state index in [1.165, 1.54) is 6.07 Å². The van der Waals surface area contributed by atoms with Crippen molar-refractivity contribution in [3.63, 3.8) is 0 Å². The van der Waals surface area contributed by atoms with Crippen LogP contribution >= 0.6 is 0 Å². The van der Waals surface area contributed by atoms with Crippen LogP contribution in [0.15, 0.2) is 12.1 Å². The molecular weight excluding hydrogens is 203 g/mol. The molecule has 0 amide bonds. The van der Waals surface area contributed by atoms with Crippen molar-refractivity contribution in [3.8, 4) is 5.75 Å². The summed E-state index contributed by atoms with van der Waals surface area (Å²) < 4.78 is 19.5. The molecule has 90 valence electrons. The van der Waals surface area contributed by atoms with Crippen molar-refractivity contribution in [2.45, 2.75) is 53.1 Å². The van der Waals surface area contributed by atoms with Crippen molar-refractivity contribution in [2.75, 3.05) is 0 Å². The van der Waals surface area contributed by atoms with Gasteiger partial charge in [0.1, 0.15) is 11.6 Å². The number of rotatable bonds is 4. The van der Waals surface area contributed by atoms with Crippen LogP contribution in [-0.4, -0.2) is 6.10 Å². The van der Waals surface area contributed by atoms with Gasteiger partial charge in [-0.15, -0.1) is 0 Å². The van der Waals surface area contributed by atoms with Gasteiger partial charge in [-0.2, -0.15) is 0 Å². The Morgan fingerprint density at radius 1 is 1.19 bits per heavy atom. The summed E-state index contributed by atoms with van der Waals surface area (Å²) in [5.74, 6) is 0.696. The molecule has 1 aromatic carbocycles. The predicted octanol–water partition coefficient (Wildman–Crippen LogP) is 4.30. The third kappa shape index (κ3) is 2.97. The van der Waals surface area contributed by atoms with Gasteiger partial charge in [0.05, 0.1) is 6.10 Å². The minimum atomic E-state index is -0.148. The largest absolute Gasteiger partial charge is 0.491 e. The van der Waals surface area contributed by atoms with E-state index in [0.29, 0.717) is 5.75 Å². The first-order chi connectivity index (χ1) is 7.45. The van der Waals surface area contributed by atoms with E-state index >= 15 is 0 Å². The second kappa shape index (κ2) is 5.33. The summed E-state index contributed by atoms with van der Waals surface area (Å²) in [4.78, 5) is 0. The molecule has 0 aliphatic carbocycles. The molecule has 0 heterocycles. The number of aryl methyl sites for hydroxylation is 1. The number of benzene rings is 1. The average molecular weight is 224 g/mol. The second-order valence-corrected chi connectivity index (χ2v) is 4.65. The van der Waals surface area contributed by atoms with Crippen LogP contribution in [-0.2, 0) is 6.42 Å². The van der Waals surface area contributed by atoms with Crippen LogP contribution in [0.5, 0.6) is 5.75 Å². The van der Waals surface area contributed by atoms with E-state index in [1.54, 1.807) is 0 Å². The number of halogens is 1. The molecular formula is C14H21FO. The molecule has 0 atom stereocenters. The van der Waals surface area contributed by atoms with Crippen molar-refractivity contribution >= 4 is 0 Å². The molecule has 16 heavy (non-hydrogen) atoms. The Morgan fingerprint density at radius 2 is 1.81 bits per heavy atom. The van der Waals surface area contributed by atoms with Crippen LogP contribution in [0.2, 0.25) is 0 Å². The summed E-state index contributed by atoms with van der Waals surface area (Å²) in [5.41, 5.74) is 1.87. The maximum absolute atomic E-state index is 13.9. The van der Waals surface area contributed by atoms with Crippen LogP contribution in [0.3, 0.4) is 0 Å². The van der Waals surface area contributed by atoms with Gasteiger partial charge in [0.25, 0.3) is 0 Å². The van der Waals surface area contributed by atoms with Gasteiger partial charge < -0.3 is 4.74 Å². The van der Waals surface area contributed by atoms with Crippen molar-refractivity contribution in [1.82, 2.24) is 0 Å². The molecule has 0 saturated heterocycles. The maximum atomic E-state index is 13.9. The molecule has 0 fully saturated rings. The van der Waals surface area contributed by atoms with Crippen LogP contribution in [0.25, 0.3) is 0 Å². The summed E-state index contributed by atoms with van der Waals surface area (Å²) in [5, 5.41) is 0. The molecule has 0 radical (unpaired) electrons. The third-order valence-electron chi connectivity index (χ3n) is 2.52. The highest BCUT2D eigenvalue weighted by molar-refractivity contribution is 5.38. The highest BCUT2D eigenvalue weighted by Gasteiger charge is 2.14. The van der Waals surface area contributed by atoms with Crippen molar-refractivity contribution in [1.29, 1.82) is 0 Å². The fraction of sp³-hybridized carbons (Fsp3) is 0.571. The Kier molecular flexibility index (Phi) is 4.34. The van der Waals surface area contributed by atoms with E-state index in [4.69, 9.17) is 4.74 Å². The summed E-state index contributed by atoms with van der Waals surface area (Å²) in [6.07, 6.45) is 0.911. The molecule has 0 spiro atoms. The first-order valence-corrected chi connectivity index (χ1v) is 5.94. The minimum absolute atomic E-state index is 0.0778. The van der Waals surface area contributed by atoms with Crippen LogP contribution < -0.4 is 4.74 Å². The fourth-order valence-electron chi connectivity index (χ4n) is 1.93. The van der Waals surface area contributed by atoms with Crippen LogP contribution in [0.1, 0.15) is 51.7 Å². The third-order valence-corrected chi connectivity index (χ3v) is 2.52. The van der Waals surface area contributed by atoms with Gasteiger partial charge in [-0.25, -0.2) is 4.39 Å². The van der Waals surface area contributed by atoms with Gasteiger partial charge in [-0.1, -0.05) is 20.8 Å². The number of hydrogen-bond acceptors (Lipinski definition) is 1. The average Bonchev–Trinajstić information content (AvgIpc) is 2.14.